The Morgan fingerprint density at radius 1 is 1.09 bits per heavy atom. The van der Waals surface area contributed by atoms with Gasteiger partial charge in [0.05, 0.1) is 14.2 Å². The smallest absolute Gasteiger partial charge is 0.280 e. The molecule has 0 heterocycles. The van der Waals surface area contributed by atoms with Crippen molar-refractivity contribution in [1.82, 2.24) is 0 Å². The average molecular weight is 318 g/mol. The maximum absolute atomic E-state index is 12.3. The van der Waals surface area contributed by atoms with Crippen LogP contribution >= 0.6 is 11.6 Å². The molecular formula is C17H16ClNO3. The van der Waals surface area contributed by atoms with Gasteiger partial charge in [-0.05, 0) is 55.0 Å². The maximum atomic E-state index is 12.3. The fraction of sp³-hybridized carbons (Fsp3) is 0.176. The molecule has 0 fully saturated rings. The lowest BCUT2D eigenvalue weighted by molar-refractivity contribution is 0.0999. The van der Waals surface area contributed by atoms with E-state index in [0.717, 1.165) is 5.56 Å². The van der Waals surface area contributed by atoms with Crippen LogP contribution in [0.3, 0.4) is 0 Å². The number of benzene rings is 2. The normalized spacial score (nSPS) is 11.2. The first-order chi connectivity index (χ1) is 10.5. The van der Waals surface area contributed by atoms with Gasteiger partial charge in [-0.25, -0.2) is 0 Å². The number of halogens is 1. The molecule has 1 amide bonds. The molecule has 0 N–H and O–H groups in total. The van der Waals surface area contributed by atoms with Crippen molar-refractivity contribution >= 4 is 23.4 Å². The molecule has 114 valence electrons. The minimum Gasteiger partial charge on any atom is -0.497 e. The fourth-order valence-corrected chi connectivity index (χ4v) is 2.10. The Balaban J connectivity index is 2.33. The summed E-state index contributed by atoms with van der Waals surface area (Å²) in [5, 5.41) is 0.608. The van der Waals surface area contributed by atoms with Gasteiger partial charge in [-0.3, -0.25) is 4.79 Å². The number of nitrogens with zero attached hydrogens (tertiary/aromatic N) is 1. The molecule has 0 spiro atoms. The van der Waals surface area contributed by atoms with Gasteiger partial charge < -0.3 is 9.47 Å². The molecule has 0 aliphatic carbocycles. The molecule has 0 unspecified atom stereocenters. The molecule has 0 radical (unpaired) electrons. The number of carbonyl (C=O) groups is 1. The number of aliphatic imine (C=N–C) groups is 1. The first kappa shape index (κ1) is 16.0. The van der Waals surface area contributed by atoms with Crippen molar-refractivity contribution in [2.24, 2.45) is 4.99 Å². The van der Waals surface area contributed by atoms with Crippen LogP contribution in [-0.2, 0) is 4.74 Å². The minimum atomic E-state index is -0.369. The Bertz CT molecular complexity index is 708. The van der Waals surface area contributed by atoms with Crippen LogP contribution in [0.5, 0.6) is 5.75 Å². The molecule has 5 heteroatoms. The van der Waals surface area contributed by atoms with E-state index in [0.29, 0.717) is 21.9 Å². The largest absolute Gasteiger partial charge is 0.497 e. The number of aryl methyl sites for hydroxylation is 1. The number of hydrogen-bond donors (Lipinski definition) is 0. The van der Waals surface area contributed by atoms with Gasteiger partial charge in [0.25, 0.3) is 5.91 Å². The van der Waals surface area contributed by atoms with Gasteiger partial charge in [-0.2, -0.15) is 4.99 Å². The van der Waals surface area contributed by atoms with Crippen LogP contribution in [0.2, 0.25) is 5.02 Å². The summed E-state index contributed by atoms with van der Waals surface area (Å²) < 4.78 is 10.3. The molecule has 0 saturated carbocycles. The third-order valence-electron chi connectivity index (χ3n) is 3.15. The number of methoxy groups -OCH3 is 2. The quantitative estimate of drug-likeness (QED) is 0.637. The van der Waals surface area contributed by atoms with E-state index in [9.17, 15) is 4.79 Å². The predicted octanol–water partition coefficient (Wildman–Crippen LogP) is 3.89. The SMILES string of the molecule is COC(=NC(=O)c1ccc(OC)cc1C)c1ccc(Cl)cc1. The molecular weight excluding hydrogens is 302 g/mol. The zero-order valence-corrected chi connectivity index (χ0v) is 13.3. The third-order valence-corrected chi connectivity index (χ3v) is 3.40. The number of carbonyl (C=O) groups excluding carboxylic acids is 1. The summed E-state index contributed by atoms with van der Waals surface area (Å²) in [7, 11) is 3.06. The minimum absolute atomic E-state index is 0.247. The second-order valence-corrected chi connectivity index (χ2v) is 5.05. The van der Waals surface area contributed by atoms with Crippen LogP contribution in [-0.4, -0.2) is 26.0 Å². The first-order valence-corrected chi connectivity index (χ1v) is 7.00. The van der Waals surface area contributed by atoms with E-state index < -0.39 is 0 Å². The van der Waals surface area contributed by atoms with Gasteiger partial charge in [0.2, 0.25) is 5.90 Å². The number of amides is 1. The summed E-state index contributed by atoms with van der Waals surface area (Å²) in [4.78, 5) is 16.4. The van der Waals surface area contributed by atoms with Crippen LogP contribution in [0.15, 0.2) is 47.5 Å². The average Bonchev–Trinajstić information content (AvgIpc) is 2.53. The van der Waals surface area contributed by atoms with E-state index >= 15 is 0 Å². The second-order valence-electron chi connectivity index (χ2n) is 4.61. The standard InChI is InChI=1S/C17H16ClNO3/c1-11-10-14(21-2)8-9-15(11)16(20)19-17(22-3)12-4-6-13(18)7-5-12/h4-10H,1-3H3. The highest BCUT2D eigenvalue weighted by molar-refractivity contribution is 6.30. The van der Waals surface area contributed by atoms with Crippen molar-refractivity contribution in [2.75, 3.05) is 14.2 Å². The Kier molecular flexibility index (Phi) is 5.17. The van der Waals surface area contributed by atoms with E-state index in [4.69, 9.17) is 21.1 Å². The summed E-state index contributed by atoms with van der Waals surface area (Å²) in [5.41, 5.74) is 1.98. The van der Waals surface area contributed by atoms with E-state index in [2.05, 4.69) is 4.99 Å². The lowest BCUT2D eigenvalue weighted by Gasteiger charge is -2.07. The Morgan fingerprint density at radius 2 is 1.77 bits per heavy atom. The number of ether oxygens (including phenoxy) is 2. The van der Waals surface area contributed by atoms with Gasteiger partial charge in [0.15, 0.2) is 0 Å². The van der Waals surface area contributed by atoms with Crippen molar-refractivity contribution in [1.29, 1.82) is 0 Å². The molecule has 0 aromatic heterocycles. The zero-order chi connectivity index (χ0) is 16.1. The molecule has 0 atom stereocenters. The molecule has 2 aromatic rings. The summed E-state index contributed by atoms with van der Waals surface area (Å²) in [6.45, 7) is 1.83. The van der Waals surface area contributed by atoms with Crippen molar-refractivity contribution in [3.63, 3.8) is 0 Å². The summed E-state index contributed by atoms with van der Waals surface area (Å²) in [5.74, 6) is 0.575. The lowest BCUT2D eigenvalue weighted by atomic mass is 10.1. The van der Waals surface area contributed by atoms with Crippen molar-refractivity contribution in [3.05, 3.63) is 64.2 Å². The number of hydrogen-bond acceptors (Lipinski definition) is 3. The summed E-state index contributed by atoms with van der Waals surface area (Å²) in [6, 6.07) is 12.1. The van der Waals surface area contributed by atoms with Crippen LogP contribution < -0.4 is 4.74 Å². The zero-order valence-electron chi connectivity index (χ0n) is 12.6. The highest BCUT2D eigenvalue weighted by atomic mass is 35.5. The second kappa shape index (κ2) is 7.09. The summed E-state index contributed by atoms with van der Waals surface area (Å²) in [6.07, 6.45) is 0. The Morgan fingerprint density at radius 3 is 2.32 bits per heavy atom. The topological polar surface area (TPSA) is 47.9 Å². The van der Waals surface area contributed by atoms with Gasteiger partial charge >= 0.3 is 0 Å². The van der Waals surface area contributed by atoms with E-state index in [1.807, 2.05) is 6.92 Å². The number of rotatable bonds is 3. The highest BCUT2D eigenvalue weighted by Gasteiger charge is 2.12. The fourth-order valence-electron chi connectivity index (χ4n) is 1.98. The van der Waals surface area contributed by atoms with Crippen molar-refractivity contribution in [2.45, 2.75) is 6.92 Å². The summed E-state index contributed by atoms with van der Waals surface area (Å²) >= 11 is 5.85. The molecule has 0 aliphatic rings. The monoisotopic (exact) mass is 317 g/mol. The molecule has 0 saturated heterocycles. The predicted molar refractivity (Wildman–Crippen MR) is 87.1 cm³/mol. The van der Waals surface area contributed by atoms with Crippen LogP contribution in [0, 0.1) is 6.92 Å². The van der Waals surface area contributed by atoms with Gasteiger partial charge in [-0.1, -0.05) is 11.6 Å². The van der Waals surface area contributed by atoms with Gasteiger partial charge in [0, 0.05) is 16.1 Å². The van der Waals surface area contributed by atoms with Crippen molar-refractivity contribution in [3.8, 4) is 5.75 Å². The molecule has 2 rings (SSSR count). The maximum Gasteiger partial charge on any atom is 0.280 e. The van der Waals surface area contributed by atoms with E-state index in [1.54, 1.807) is 49.6 Å². The molecule has 22 heavy (non-hydrogen) atoms. The van der Waals surface area contributed by atoms with E-state index in [1.165, 1.54) is 7.11 Å². The molecule has 4 nitrogen and oxygen atoms in total. The molecule has 0 aliphatic heterocycles. The van der Waals surface area contributed by atoms with E-state index in [-0.39, 0.29) is 11.8 Å². The van der Waals surface area contributed by atoms with Crippen LogP contribution in [0.25, 0.3) is 0 Å². The first-order valence-electron chi connectivity index (χ1n) is 6.62. The Hall–Kier alpha value is -2.33. The Labute approximate surface area is 134 Å². The van der Waals surface area contributed by atoms with Gasteiger partial charge in [0.1, 0.15) is 5.75 Å². The van der Waals surface area contributed by atoms with Gasteiger partial charge in [-0.15, -0.1) is 0 Å². The van der Waals surface area contributed by atoms with Crippen LogP contribution in [0.1, 0.15) is 21.5 Å². The highest BCUT2D eigenvalue weighted by Crippen LogP contribution is 2.18. The van der Waals surface area contributed by atoms with Crippen LogP contribution in [0.4, 0.5) is 0 Å². The molecule has 2 aromatic carbocycles. The molecule has 0 bridgehead atoms. The lowest BCUT2D eigenvalue weighted by Crippen LogP contribution is -2.09. The van der Waals surface area contributed by atoms with Crippen molar-refractivity contribution < 1.29 is 14.3 Å². The third kappa shape index (κ3) is 3.65.